The fourth-order valence-electron chi connectivity index (χ4n) is 3.41. The number of fused-ring (bicyclic) bond motifs is 2. The summed E-state index contributed by atoms with van der Waals surface area (Å²) in [5.74, 6) is 2.05. The standard InChI is InChI=1S/C20H17N3O4/c24-20-15-4-1-7-21-18(15)19(23(20)12-14-3-2-8-25-14)22-13-5-6-16-17(11-13)27-10-9-26-16/h1-8,11,19,22H,9-10,12H2. The van der Waals surface area contributed by atoms with Gasteiger partial charge in [-0.3, -0.25) is 9.78 Å². The van der Waals surface area contributed by atoms with Crippen LogP contribution in [0.3, 0.4) is 0 Å². The van der Waals surface area contributed by atoms with Gasteiger partial charge in [-0.25, -0.2) is 0 Å². The highest BCUT2D eigenvalue weighted by molar-refractivity contribution is 5.98. The van der Waals surface area contributed by atoms with Crippen LogP contribution in [0.2, 0.25) is 0 Å². The topological polar surface area (TPSA) is 76.8 Å². The monoisotopic (exact) mass is 363 g/mol. The molecule has 1 atom stereocenters. The number of pyridine rings is 1. The first-order valence-corrected chi connectivity index (χ1v) is 8.74. The van der Waals surface area contributed by atoms with Crippen molar-refractivity contribution in [2.45, 2.75) is 12.7 Å². The minimum absolute atomic E-state index is 0.0791. The van der Waals surface area contributed by atoms with Gasteiger partial charge in [0.2, 0.25) is 0 Å². The molecule has 0 spiro atoms. The molecule has 1 aromatic carbocycles. The molecule has 7 heteroatoms. The summed E-state index contributed by atoms with van der Waals surface area (Å²) >= 11 is 0. The van der Waals surface area contributed by atoms with Crippen LogP contribution >= 0.6 is 0 Å². The van der Waals surface area contributed by atoms with E-state index in [1.165, 1.54) is 0 Å². The zero-order valence-corrected chi connectivity index (χ0v) is 14.4. The third-order valence-corrected chi connectivity index (χ3v) is 4.65. The van der Waals surface area contributed by atoms with E-state index in [0.717, 1.165) is 11.4 Å². The zero-order valence-electron chi connectivity index (χ0n) is 14.4. The second-order valence-electron chi connectivity index (χ2n) is 6.35. The lowest BCUT2D eigenvalue weighted by Crippen LogP contribution is -2.32. The Kier molecular flexibility index (Phi) is 3.71. The first-order chi connectivity index (χ1) is 13.3. The third-order valence-electron chi connectivity index (χ3n) is 4.65. The van der Waals surface area contributed by atoms with Crippen molar-refractivity contribution in [1.82, 2.24) is 9.88 Å². The fraction of sp³-hybridized carbons (Fsp3) is 0.200. The molecule has 1 amide bonds. The quantitative estimate of drug-likeness (QED) is 0.767. The summed E-state index contributed by atoms with van der Waals surface area (Å²) < 4.78 is 16.7. The van der Waals surface area contributed by atoms with E-state index in [4.69, 9.17) is 13.9 Å². The summed E-state index contributed by atoms with van der Waals surface area (Å²) in [7, 11) is 0. The molecule has 4 heterocycles. The molecule has 0 radical (unpaired) electrons. The van der Waals surface area contributed by atoms with Crippen molar-refractivity contribution in [2.24, 2.45) is 0 Å². The van der Waals surface area contributed by atoms with Gasteiger partial charge in [0, 0.05) is 18.0 Å². The molecule has 3 aromatic rings. The molecule has 5 rings (SSSR count). The Morgan fingerprint density at radius 1 is 1.11 bits per heavy atom. The molecular weight excluding hydrogens is 346 g/mol. The van der Waals surface area contributed by atoms with Crippen LogP contribution in [0.1, 0.15) is 28.0 Å². The van der Waals surface area contributed by atoms with Crippen molar-refractivity contribution < 1.29 is 18.7 Å². The molecule has 2 aromatic heterocycles. The molecule has 0 saturated heterocycles. The van der Waals surface area contributed by atoms with Gasteiger partial charge in [0.25, 0.3) is 5.91 Å². The highest BCUT2D eigenvalue weighted by Crippen LogP contribution is 2.37. The molecule has 136 valence electrons. The first kappa shape index (κ1) is 15.7. The SMILES string of the molecule is O=C1c2cccnc2C(Nc2ccc3c(c2)OCCO3)N1Cc1ccco1. The molecule has 2 aliphatic heterocycles. The van der Waals surface area contributed by atoms with E-state index in [1.54, 1.807) is 29.5 Å². The lowest BCUT2D eigenvalue weighted by Gasteiger charge is -2.26. The van der Waals surface area contributed by atoms with Crippen LogP contribution in [0.5, 0.6) is 11.5 Å². The first-order valence-electron chi connectivity index (χ1n) is 8.74. The molecule has 0 fully saturated rings. The average molecular weight is 363 g/mol. The van der Waals surface area contributed by atoms with E-state index >= 15 is 0 Å². The Morgan fingerprint density at radius 2 is 2.00 bits per heavy atom. The number of carbonyl (C=O) groups is 1. The molecule has 2 aliphatic rings. The molecule has 7 nitrogen and oxygen atoms in total. The van der Waals surface area contributed by atoms with Gasteiger partial charge in [0.1, 0.15) is 25.1 Å². The van der Waals surface area contributed by atoms with Gasteiger partial charge in [-0.05, 0) is 36.4 Å². The summed E-state index contributed by atoms with van der Waals surface area (Å²) in [6, 6.07) is 12.9. The maximum absolute atomic E-state index is 12.9. The van der Waals surface area contributed by atoms with Crippen LogP contribution in [0.15, 0.2) is 59.3 Å². The maximum atomic E-state index is 12.9. The largest absolute Gasteiger partial charge is 0.486 e. The number of benzene rings is 1. The van der Waals surface area contributed by atoms with Gasteiger partial charge in [-0.15, -0.1) is 0 Å². The highest BCUT2D eigenvalue weighted by Gasteiger charge is 2.38. The number of amides is 1. The normalized spacial score (nSPS) is 17.7. The number of nitrogens with one attached hydrogen (secondary N) is 1. The number of furan rings is 1. The van der Waals surface area contributed by atoms with E-state index in [-0.39, 0.29) is 5.91 Å². The van der Waals surface area contributed by atoms with Crippen LogP contribution in [0, 0.1) is 0 Å². The summed E-state index contributed by atoms with van der Waals surface area (Å²) in [5, 5.41) is 3.41. The Balaban J connectivity index is 1.48. The predicted octanol–water partition coefficient (Wildman–Crippen LogP) is 3.21. The van der Waals surface area contributed by atoms with Crippen molar-refractivity contribution in [3.8, 4) is 11.5 Å². The molecular formula is C20H17N3O4. The van der Waals surface area contributed by atoms with Crippen molar-refractivity contribution in [1.29, 1.82) is 0 Å². The van der Waals surface area contributed by atoms with Crippen molar-refractivity contribution in [3.63, 3.8) is 0 Å². The van der Waals surface area contributed by atoms with E-state index in [9.17, 15) is 4.79 Å². The van der Waals surface area contributed by atoms with Gasteiger partial charge >= 0.3 is 0 Å². The number of nitrogens with zero attached hydrogens (tertiary/aromatic N) is 2. The minimum Gasteiger partial charge on any atom is -0.486 e. The number of ether oxygens (including phenoxy) is 2. The molecule has 0 saturated carbocycles. The summed E-state index contributed by atoms with van der Waals surface area (Å²) in [6.07, 6.45) is 2.90. The molecule has 0 aliphatic carbocycles. The van der Waals surface area contributed by atoms with Gasteiger partial charge in [-0.1, -0.05) is 0 Å². The molecule has 0 bridgehead atoms. The second-order valence-corrected chi connectivity index (χ2v) is 6.35. The molecule has 1 unspecified atom stereocenters. The summed E-state index contributed by atoms with van der Waals surface area (Å²) in [6.45, 7) is 1.42. The fourth-order valence-corrected chi connectivity index (χ4v) is 3.41. The van der Waals surface area contributed by atoms with Crippen LogP contribution in [0.25, 0.3) is 0 Å². The third kappa shape index (κ3) is 2.77. The maximum Gasteiger partial charge on any atom is 0.258 e. The van der Waals surface area contributed by atoms with E-state index in [2.05, 4.69) is 10.3 Å². The number of carbonyl (C=O) groups excluding carboxylic acids is 1. The number of hydrogen-bond acceptors (Lipinski definition) is 6. The Hall–Kier alpha value is -3.48. The van der Waals surface area contributed by atoms with Crippen LogP contribution in [0.4, 0.5) is 5.69 Å². The number of aromatic nitrogens is 1. The minimum atomic E-state index is -0.402. The Morgan fingerprint density at radius 3 is 2.85 bits per heavy atom. The van der Waals surface area contributed by atoms with Crippen molar-refractivity contribution in [3.05, 3.63) is 71.9 Å². The predicted molar refractivity (Wildman–Crippen MR) is 96.6 cm³/mol. The average Bonchev–Trinajstić information content (AvgIpc) is 3.31. The molecule has 1 N–H and O–H groups in total. The van der Waals surface area contributed by atoms with Crippen molar-refractivity contribution in [2.75, 3.05) is 18.5 Å². The Bertz CT molecular complexity index is 987. The van der Waals surface area contributed by atoms with Gasteiger partial charge in [-0.2, -0.15) is 0 Å². The van der Waals surface area contributed by atoms with E-state index in [0.29, 0.717) is 42.5 Å². The van der Waals surface area contributed by atoms with Crippen molar-refractivity contribution >= 4 is 11.6 Å². The second kappa shape index (κ2) is 6.35. The Labute approximate surface area is 155 Å². The smallest absolute Gasteiger partial charge is 0.258 e. The van der Waals surface area contributed by atoms with Crippen LogP contribution in [-0.2, 0) is 6.54 Å². The number of anilines is 1. The van der Waals surface area contributed by atoms with Crippen LogP contribution in [-0.4, -0.2) is 29.0 Å². The zero-order chi connectivity index (χ0) is 18.2. The molecule has 27 heavy (non-hydrogen) atoms. The van der Waals surface area contributed by atoms with Crippen LogP contribution < -0.4 is 14.8 Å². The van der Waals surface area contributed by atoms with Gasteiger partial charge in [0.05, 0.1) is 24.1 Å². The highest BCUT2D eigenvalue weighted by atomic mass is 16.6. The summed E-state index contributed by atoms with van der Waals surface area (Å²) in [5.41, 5.74) is 2.11. The number of rotatable bonds is 4. The van der Waals surface area contributed by atoms with Gasteiger partial charge < -0.3 is 24.1 Å². The number of hydrogen-bond donors (Lipinski definition) is 1. The van der Waals surface area contributed by atoms with E-state index < -0.39 is 6.17 Å². The lowest BCUT2D eigenvalue weighted by atomic mass is 10.2. The summed E-state index contributed by atoms with van der Waals surface area (Å²) in [4.78, 5) is 19.1. The van der Waals surface area contributed by atoms with Gasteiger partial charge in [0.15, 0.2) is 11.5 Å². The van der Waals surface area contributed by atoms with E-state index in [1.807, 2.05) is 30.3 Å². The lowest BCUT2D eigenvalue weighted by molar-refractivity contribution is 0.0714.